The number of rotatable bonds is 9. The molecule has 0 radical (unpaired) electrons. The van der Waals surface area contributed by atoms with Gasteiger partial charge >= 0.3 is 5.97 Å². The van der Waals surface area contributed by atoms with Crippen LogP contribution in [0, 0.1) is 24.0 Å². The number of ketones is 1. The quantitative estimate of drug-likeness (QED) is 0.209. The number of Topliss-reactive ketones (excluding diaryl/α,β-unsaturated/α-hetero) is 1. The molecule has 29 heavy (non-hydrogen) atoms. The molecule has 0 saturated carbocycles. The zero-order valence-corrected chi connectivity index (χ0v) is 16.9. The minimum absolute atomic E-state index is 0.0713. The Balaban J connectivity index is 2.00. The second-order valence-electron chi connectivity index (χ2n) is 6.68. The lowest BCUT2D eigenvalue weighted by Gasteiger charge is -2.17. The maximum absolute atomic E-state index is 12.5. The van der Waals surface area contributed by atoms with Crippen molar-refractivity contribution in [2.45, 2.75) is 26.8 Å². The van der Waals surface area contributed by atoms with Gasteiger partial charge < -0.3 is 14.0 Å². The highest BCUT2D eigenvalue weighted by Crippen LogP contribution is 2.21. The fourth-order valence-electron chi connectivity index (χ4n) is 3.22. The number of nitro groups is 1. The van der Waals surface area contributed by atoms with Crippen molar-refractivity contribution >= 4 is 23.5 Å². The van der Waals surface area contributed by atoms with Crippen molar-refractivity contribution in [3.05, 3.63) is 69.0 Å². The Morgan fingerprint density at radius 3 is 2.66 bits per heavy atom. The minimum atomic E-state index is -0.702. The van der Waals surface area contributed by atoms with Crippen LogP contribution in [-0.4, -0.2) is 41.6 Å². The van der Waals surface area contributed by atoms with E-state index in [4.69, 9.17) is 9.47 Å². The summed E-state index contributed by atoms with van der Waals surface area (Å²) in [5.41, 5.74) is 2.63. The van der Waals surface area contributed by atoms with Crippen LogP contribution in [0.25, 0.3) is 6.08 Å². The van der Waals surface area contributed by atoms with Crippen LogP contribution in [0.3, 0.4) is 0 Å². The van der Waals surface area contributed by atoms with Crippen LogP contribution in [-0.2, 0) is 14.3 Å². The van der Waals surface area contributed by atoms with Crippen LogP contribution in [0.4, 0.5) is 5.69 Å². The van der Waals surface area contributed by atoms with Gasteiger partial charge in [0, 0.05) is 42.3 Å². The van der Waals surface area contributed by atoms with Gasteiger partial charge in [0.1, 0.15) is 0 Å². The number of benzene rings is 1. The molecule has 1 aromatic heterocycles. The van der Waals surface area contributed by atoms with Crippen LogP contribution in [0.15, 0.2) is 36.4 Å². The third-order valence-corrected chi connectivity index (χ3v) is 4.47. The van der Waals surface area contributed by atoms with Gasteiger partial charge in [-0.25, -0.2) is 4.79 Å². The lowest BCUT2D eigenvalue weighted by molar-refractivity contribution is -0.384. The van der Waals surface area contributed by atoms with E-state index in [0.29, 0.717) is 17.7 Å². The van der Waals surface area contributed by atoms with Crippen LogP contribution >= 0.6 is 0 Å². The number of nitro benzene ring substituents is 1. The standard InChI is InChI=1S/C21H24N2O6/c1-14-10-19(16(3)22(14)15(2)12-28-4)20(24)13-29-21(25)9-8-17-6-5-7-18(11-17)23(26)27/h5-11,15H,12-13H2,1-4H3/b9-8+/t15-/m1/s1. The number of non-ortho nitro benzene ring substituents is 1. The van der Waals surface area contributed by atoms with E-state index < -0.39 is 10.9 Å². The Hall–Kier alpha value is -3.26. The van der Waals surface area contributed by atoms with Gasteiger partial charge in [0.2, 0.25) is 5.78 Å². The van der Waals surface area contributed by atoms with Crippen molar-refractivity contribution < 1.29 is 24.0 Å². The number of hydrogen-bond acceptors (Lipinski definition) is 6. The molecule has 0 spiro atoms. The Morgan fingerprint density at radius 2 is 2.00 bits per heavy atom. The summed E-state index contributed by atoms with van der Waals surface area (Å²) in [6, 6.07) is 7.69. The summed E-state index contributed by atoms with van der Waals surface area (Å²) in [7, 11) is 1.62. The number of carbonyl (C=O) groups is 2. The first-order chi connectivity index (χ1) is 13.7. The van der Waals surface area contributed by atoms with Crippen LogP contribution in [0.2, 0.25) is 0 Å². The fraction of sp³-hybridized carbons (Fsp3) is 0.333. The van der Waals surface area contributed by atoms with Gasteiger partial charge in [0.05, 0.1) is 17.6 Å². The number of aromatic nitrogens is 1. The first kappa shape index (κ1) is 22.0. The monoisotopic (exact) mass is 400 g/mol. The molecule has 2 rings (SSSR count). The average molecular weight is 400 g/mol. The second kappa shape index (κ2) is 9.79. The van der Waals surface area contributed by atoms with Crippen LogP contribution in [0.1, 0.15) is 40.3 Å². The predicted octanol–water partition coefficient (Wildman–Crippen LogP) is 3.66. The summed E-state index contributed by atoms with van der Waals surface area (Å²) in [6.07, 6.45) is 2.54. The third-order valence-electron chi connectivity index (χ3n) is 4.47. The summed E-state index contributed by atoms with van der Waals surface area (Å²) in [4.78, 5) is 34.7. The van der Waals surface area contributed by atoms with Crippen LogP contribution in [0.5, 0.6) is 0 Å². The lowest BCUT2D eigenvalue weighted by atomic mass is 10.1. The predicted molar refractivity (Wildman–Crippen MR) is 108 cm³/mol. The number of carbonyl (C=O) groups excluding carboxylic acids is 2. The van der Waals surface area contributed by atoms with Crippen molar-refractivity contribution in [2.75, 3.05) is 20.3 Å². The van der Waals surface area contributed by atoms with E-state index >= 15 is 0 Å². The molecule has 0 aliphatic carbocycles. The van der Waals surface area contributed by atoms with E-state index in [-0.39, 0.29) is 24.1 Å². The number of ether oxygens (including phenoxy) is 2. The summed E-state index contributed by atoms with van der Waals surface area (Å²) in [5.74, 6) is -1.00. The molecule has 154 valence electrons. The molecule has 2 aromatic rings. The molecule has 0 aliphatic rings. The molecule has 0 saturated heterocycles. The Bertz CT molecular complexity index is 945. The normalized spacial score (nSPS) is 12.1. The Labute approximate surface area is 168 Å². The van der Waals surface area contributed by atoms with Gasteiger partial charge in [-0.15, -0.1) is 0 Å². The smallest absolute Gasteiger partial charge is 0.331 e. The van der Waals surface area contributed by atoms with E-state index in [1.165, 1.54) is 24.3 Å². The zero-order valence-electron chi connectivity index (χ0n) is 16.9. The highest BCUT2D eigenvalue weighted by atomic mass is 16.6. The van der Waals surface area contributed by atoms with E-state index in [1.54, 1.807) is 19.2 Å². The minimum Gasteiger partial charge on any atom is -0.454 e. The lowest BCUT2D eigenvalue weighted by Crippen LogP contribution is -2.16. The van der Waals surface area contributed by atoms with Gasteiger partial charge in [-0.3, -0.25) is 14.9 Å². The molecule has 0 amide bonds. The highest BCUT2D eigenvalue weighted by Gasteiger charge is 2.19. The summed E-state index contributed by atoms with van der Waals surface area (Å²) in [5, 5.41) is 10.8. The summed E-state index contributed by atoms with van der Waals surface area (Å²) >= 11 is 0. The first-order valence-corrected chi connectivity index (χ1v) is 9.04. The third kappa shape index (κ3) is 5.61. The van der Waals surface area contributed by atoms with Gasteiger partial charge in [0.15, 0.2) is 6.61 Å². The SMILES string of the molecule is COC[C@@H](C)n1c(C)cc(C(=O)COC(=O)/C=C/c2cccc([N+](=O)[O-])c2)c1C. The number of hydrogen-bond donors (Lipinski definition) is 0. The maximum Gasteiger partial charge on any atom is 0.331 e. The molecular formula is C21H24N2O6. The Kier molecular flexibility index (Phi) is 7.44. The van der Waals surface area contributed by atoms with Crippen molar-refractivity contribution in [1.29, 1.82) is 0 Å². The molecule has 1 heterocycles. The zero-order chi connectivity index (χ0) is 21.6. The molecule has 1 aromatic carbocycles. The molecular weight excluding hydrogens is 376 g/mol. The fourth-order valence-corrected chi connectivity index (χ4v) is 3.22. The number of methoxy groups -OCH3 is 1. The average Bonchev–Trinajstić information content (AvgIpc) is 2.99. The van der Waals surface area contributed by atoms with Gasteiger partial charge in [-0.1, -0.05) is 12.1 Å². The van der Waals surface area contributed by atoms with E-state index in [0.717, 1.165) is 17.5 Å². The van der Waals surface area contributed by atoms with Crippen molar-refractivity contribution in [3.8, 4) is 0 Å². The Morgan fingerprint density at radius 1 is 1.28 bits per heavy atom. The molecule has 8 nitrogen and oxygen atoms in total. The van der Waals surface area contributed by atoms with Gasteiger partial charge in [0.25, 0.3) is 5.69 Å². The van der Waals surface area contributed by atoms with Crippen molar-refractivity contribution in [3.63, 3.8) is 0 Å². The maximum atomic E-state index is 12.5. The molecule has 8 heteroatoms. The summed E-state index contributed by atoms with van der Waals surface area (Å²) < 4.78 is 12.2. The number of aryl methyl sites for hydroxylation is 1. The second-order valence-corrected chi connectivity index (χ2v) is 6.68. The van der Waals surface area contributed by atoms with E-state index in [9.17, 15) is 19.7 Å². The van der Waals surface area contributed by atoms with Crippen molar-refractivity contribution in [2.24, 2.45) is 0 Å². The summed E-state index contributed by atoms with van der Waals surface area (Å²) in [6.45, 7) is 5.87. The van der Waals surface area contributed by atoms with Gasteiger partial charge in [-0.05, 0) is 38.5 Å². The molecule has 0 fully saturated rings. The van der Waals surface area contributed by atoms with Gasteiger partial charge in [-0.2, -0.15) is 0 Å². The number of nitrogens with zero attached hydrogens (tertiary/aromatic N) is 2. The topological polar surface area (TPSA) is 101 Å². The molecule has 0 unspecified atom stereocenters. The molecule has 1 atom stereocenters. The van der Waals surface area contributed by atoms with Crippen LogP contribution < -0.4 is 0 Å². The van der Waals surface area contributed by atoms with E-state index in [2.05, 4.69) is 0 Å². The molecule has 0 aliphatic heterocycles. The highest BCUT2D eigenvalue weighted by molar-refractivity contribution is 6.00. The first-order valence-electron chi connectivity index (χ1n) is 9.04. The molecule has 0 bridgehead atoms. The van der Waals surface area contributed by atoms with Crippen molar-refractivity contribution in [1.82, 2.24) is 4.57 Å². The molecule has 0 N–H and O–H groups in total. The number of esters is 1. The largest absolute Gasteiger partial charge is 0.454 e. The van der Waals surface area contributed by atoms with E-state index in [1.807, 2.05) is 25.3 Å².